The second-order valence-electron chi connectivity index (χ2n) is 2.95. The lowest BCUT2D eigenvalue weighted by atomic mass is 10.4. The van der Waals surface area contributed by atoms with Crippen LogP contribution in [0.15, 0.2) is 28.6 Å². The van der Waals surface area contributed by atoms with E-state index in [2.05, 4.69) is 20.9 Å². The number of hydrogen-bond acceptors (Lipinski definition) is 3. The monoisotopic (exact) mass is 286 g/mol. The van der Waals surface area contributed by atoms with E-state index in [1.807, 2.05) is 4.57 Å². The van der Waals surface area contributed by atoms with Crippen LogP contribution in [0.5, 0.6) is 0 Å². The summed E-state index contributed by atoms with van der Waals surface area (Å²) in [5.41, 5.74) is 2.04. The van der Waals surface area contributed by atoms with Crippen LogP contribution >= 0.6 is 27.3 Å². The van der Waals surface area contributed by atoms with Gasteiger partial charge in [0, 0.05) is 17.3 Å². The van der Waals surface area contributed by atoms with Gasteiger partial charge in [-0.2, -0.15) is 0 Å². The molecule has 0 aliphatic rings. The fourth-order valence-corrected chi connectivity index (χ4v) is 2.27. The highest BCUT2D eigenvalue weighted by Crippen LogP contribution is 2.18. The molecule has 0 aliphatic carbocycles. The Morgan fingerprint density at radius 1 is 1.67 bits per heavy atom. The summed E-state index contributed by atoms with van der Waals surface area (Å²) in [6.45, 7) is 0.637. The SMILES string of the molecule is O=C(O)c1cc(Br)n(Cc2cncs2)c1. The molecule has 78 valence electrons. The number of aromatic carboxylic acids is 1. The number of nitrogens with zero attached hydrogens (tertiary/aromatic N) is 2. The van der Waals surface area contributed by atoms with E-state index in [1.165, 1.54) is 0 Å². The number of aromatic nitrogens is 2. The van der Waals surface area contributed by atoms with Crippen LogP contribution in [0, 0.1) is 0 Å². The molecule has 0 saturated heterocycles. The number of carbonyl (C=O) groups is 1. The van der Waals surface area contributed by atoms with E-state index in [1.54, 1.807) is 35.3 Å². The Morgan fingerprint density at radius 2 is 2.47 bits per heavy atom. The van der Waals surface area contributed by atoms with Crippen molar-refractivity contribution in [1.82, 2.24) is 9.55 Å². The Hall–Kier alpha value is -1.14. The largest absolute Gasteiger partial charge is 0.478 e. The minimum absolute atomic E-state index is 0.284. The van der Waals surface area contributed by atoms with Crippen molar-refractivity contribution in [3.8, 4) is 0 Å². The Labute approximate surface area is 98.3 Å². The first-order valence-corrected chi connectivity index (χ1v) is 5.80. The molecule has 2 aromatic heterocycles. The fraction of sp³-hybridized carbons (Fsp3) is 0.111. The second-order valence-corrected chi connectivity index (χ2v) is 4.74. The molecule has 0 aliphatic heterocycles. The summed E-state index contributed by atoms with van der Waals surface area (Å²) in [6.07, 6.45) is 3.38. The maximum absolute atomic E-state index is 10.7. The van der Waals surface area contributed by atoms with E-state index in [-0.39, 0.29) is 5.56 Å². The highest BCUT2D eigenvalue weighted by molar-refractivity contribution is 9.10. The van der Waals surface area contributed by atoms with Crippen LogP contribution in [0.3, 0.4) is 0 Å². The van der Waals surface area contributed by atoms with E-state index in [0.29, 0.717) is 6.54 Å². The third kappa shape index (κ3) is 2.27. The molecule has 0 spiro atoms. The molecule has 4 nitrogen and oxygen atoms in total. The van der Waals surface area contributed by atoms with Gasteiger partial charge in [0.2, 0.25) is 0 Å². The Morgan fingerprint density at radius 3 is 3.00 bits per heavy atom. The van der Waals surface area contributed by atoms with Gasteiger partial charge < -0.3 is 9.67 Å². The average molecular weight is 287 g/mol. The zero-order valence-electron chi connectivity index (χ0n) is 7.55. The van der Waals surface area contributed by atoms with Crippen molar-refractivity contribution in [3.05, 3.63) is 39.0 Å². The third-order valence-electron chi connectivity index (χ3n) is 1.90. The van der Waals surface area contributed by atoms with Crippen LogP contribution in [0.2, 0.25) is 0 Å². The summed E-state index contributed by atoms with van der Waals surface area (Å²) in [4.78, 5) is 15.8. The normalized spacial score (nSPS) is 10.5. The van der Waals surface area contributed by atoms with Crippen LogP contribution in [-0.2, 0) is 6.54 Å². The third-order valence-corrected chi connectivity index (χ3v) is 3.35. The van der Waals surface area contributed by atoms with Gasteiger partial charge in [0.15, 0.2) is 0 Å². The van der Waals surface area contributed by atoms with Crippen molar-refractivity contribution in [2.45, 2.75) is 6.54 Å². The molecule has 0 aromatic carbocycles. The summed E-state index contributed by atoms with van der Waals surface area (Å²) in [5, 5.41) is 8.80. The summed E-state index contributed by atoms with van der Waals surface area (Å²) in [7, 11) is 0. The lowest BCUT2D eigenvalue weighted by Crippen LogP contribution is -1.97. The van der Waals surface area contributed by atoms with Gasteiger partial charge in [0.1, 0.15) is 0 Å². The minimum atomic E-state index is -0.918. The zero-order chi connectivity index (χ0) is 10.8. The van der Waals surface area contributed by atoms with Gasteiger partial charge >= 0.3 is 5.97 Å². The van der Waals surface area contributed by atoms with Crippen LogP contribution in [0.1, 0.15) is 15.2 Å². The quantitative estimate of drug-likeness (QED) is 0.943. The predicted octanol–water partition coefficient (Wildman–Crippen LogP) is 2.45. The smallest absolute Gasteiger partial charge is 0.337 e. The molecular weight excluding hydrogens is 280 g/mol. The Kier molecular flexibility index (Phi) is 2.88. The number of rotatable bonds is 3. The number of hydrogen-bond donors (Lipinski definition) is 1. The Bertz CT molecular complexity index is 478. The standard InChI is InChI=1S/C9H7BrN2O2S/c10-8-1-6(9(13)14)3-12(8)4-7-2-11-5-15-7/h1-3,5H,4H2,(H,13,14). The summed E-state index contributed by atoms with van der Waals surface area (Å²) in [6, 6.07) is 1.59. The van der Waals surface area contributed by atoms with Crippen LogP contribution in [0.25, 0.3) is 0 Å². The molecule has 0 radical (unpaired) electrons. The first kappa shape index (κ1) is 10.4. The van der Waals surface area contributed by atoms with E-state index >= 15 is 0 Å². The average Bonchev–Trinajstić information content (AvgIpc) is 2.77. The summed E-state index contributed by atoms with van der Waals surface area (Å²) in [5.74, 6) is -0.918. The van der Waals surface area contributed by atoms with Crippen LogP contribution in [-0.4, -0.2) is 20.6 Å². The summed E-state index contributed by atoms with van der Waals surface area (Å²) < 4.78 is 2.59. The zero-order valence-corrected chi connectivity index (χ0v) is 9.96. The van der Waals surface area contributed by atoms with Crippen molar-refractivity contribution in [1.29, 1.82) is 0 Å². The molecule has 1 N–H and O–H groups in total. The van der Waals surface area contributed by atoms with E-state index in [9.17, 15) is 4.79 Å². The van der Waals surface area contributed by atoms with Crippen LogP contribution < -0.4 is 0 Å². The number of thiazole rings is 1. The lowest BCUT2D eigenvalue weighted by molar-refractivity contribution is 0.0697. The number of carboxylic acid groups (broad SMARTS) is 1. The van der Waals surface area contributed by atoms with Gasteiger partial charge in [0.25, 0.3) is 0 Å². The maximum atomic E-state index is 10.7. The number of halogens is 1. The molecule has 2 heterocycles. The van der Waals surface area contributed by atoms with Crippen molar-refractivity contribution in [2.24, 2.45) is 0 Å². The van der Waals surface area contributed by atoms with Crippen molar-refractivity contribution in [3.63, 3.8) is 0 Å². The molecule has 15 heavy (non-hydrogen) atoms. The molecule has 0 amide bonds. The van der Waals surface area contributed by atoms with E-state index in [0.717, 1.165) is 9.48 Å². The highest BCUT2D eigenvalue weighted by Gasteiger charge is 2.09. The molecule has 0 bridgehead atoms. The minimum Gasteiger partial charge on any atom is -0.478 e. The van der Waals surface area contributed by atoms with Crippen molar-refractivity contribution < 1.29 is 9.90 Å². The van der Waals surface area contributed by atoms with Gasteiger partial charge in [-0.25, -0.2) is 4.79 Å². The Balaban J connectivity index is 2.25. The van der Waals surface area contributed by atoms with Gasteiger partial charge in [-0.15, -0.1) is 11.3 Å². The predicted molar refractivity (Wildman–Crippen MR) is 60.3 cm³/mol. The highest BCUT2D eigenvalue weighted by atomic mass is 79.9. The van der Waals surface area contributed by atoms with E-state index in [4.69, 9.17) is 5.11 Å². The lowest BCUT2D eigenvalue weighted by Gasteiger charge is -2.00. The maximum Gasteiger partial charge on any atom is 0.337 e. The molecule has 0 fully saturated rings. The molecule has 0 unspecified atom stereocenters. The first-order valence-electron chi connectivity index (χ1n) is 4.13. The van der Waals surface area contributed by atoms with Gasteiger partial charge in [0.05, 0.1) is 22.2 Å². The molecule has 0 saturated carbocycles. The van der Waals surface area contributed by atoms with Gasteiger partial charge in [-0.05, 0) is 22.0 Å². The summed E-state index contributed by atoms with van der Waals surface area (Å²) >= 11 is 4.86. The molecule has 2 aromatic rings. The van der Waals surface area contributed by atoms with Crippen molar-refractivity contribution >= 4 is 33.2 Å². The molecule has 6 heteroatoms. The van der Waals surface area contributed by atoms with Gasteiger partial charge in [-0.1, -0.05) is 0 Å². The first-order chi connectivity index (χ1) is 7.16. The molecular formula is C9H7BrN2O2S. The number of carboxylic acids is 1. The van der Waals surface area contributed by atoms with Crippen LogP contribution in [0.4, 0.5) is 0 Å². The van der Waals surface area contributed by atoms with Crippen molar-refractivity contribution in [2.75, 3.05) is 0 Å². The molecule has 2 rings (SSSR count). The second kappa shape index (κ2) is 4.16. The topological polar surface area (TPSA) is 55.1 Å². The van der Waals surface area contributed by atoms with Gasteiger partial charge in [-0.3, -0.25) is 4.98 Å². The fourth-order valence-electron chi connectivity index (χ4n) is 1.20. The molecule has 0 atom stereocenters. The van der Waals surface area contributed by atoms with E-state index < -0.39 is 5.97 Å².